The molecule has 2 saturated heterocycles. The number of alkyl halides is 3. The number of hydrogen-bond donors (Lipinski definition) is 1. The Morgan fingerprint density at radius 3 is 2.52 bits per heavy atom. The van der Waals surface area contributed by atoms with Crippen LogP contribution >= 0.6 is 11.6 Å². The first-order chi connectivity index (χ1) is 12.8. The molecule has 10 heteroatoms. The molecule has 6 nitrogen and oxygen atoms in total. The van der Waals surface area contributed by atoms with Gasteiger partial charge in [0.1, 0.15) is 5.69 Å². The SMILES string of the molecule is O=[N+]([O-])c1cc(C(F)(F)F)c(Cl)cc1NC1CCN(C2CCCOC2)CC1. The molecule has 0 spiro atoms. The average molecular weight is 408 g/mol. The lowest BCUT2D eigenvalue weighted by atomic mass is 10.00. The second kappa shape index (κ2) is 8.20. The summed E-state index contributed by atoms with van der Waals surface area (Å²) in [7, 11) is 0. The number of benzene rings is 1. The Kier molecular flexibility index (Phi) is 6.12. The number of likely N-dealkylation sites (tertiary alicyclic amines) is 1. The van der Waals surface area contributed by atoms with Gasteiger partial charge in [-0.3, -0.25) is 15.0 Å². The number of nitro groups is 1. The van der Waals surface area contributed by atoms with Crippen molar-refractivity contribution in [2.45, 2.75) is 43.9 Å². The van der Waals surface area contributed by atoms with Crippen molar-refractivity contribution in [1.82, 2.24) is 4.90 Å². The lowest BCUT2D eigenvalue weighted by Gasteiger charge is -2.39. The maximum absolute atomic E-state index is 13.0. The first kappa shape index (κ1) is 20.2. The van der Waals surface area contributed by atoms with Gasteiger partial charge in [0, 0.05) is 37.8 Å². The van der Waals surface area contributed by atoms with Gasteiger partial charge in [0.05, 0.1) is 22.1 Å². The minimum atomic E-state index is -4.74. The van der Waals surface area contributed by atoms with Crippen LogP contribution in [0.4, 0.5) is 24.5 Å². The van der Waals surface area contributed by atoms with E-state index in [0.29, 0.717) is 12.1 Å². The Hall–Kier alpha value is -1.58. The van der Waals surface area contributed by atoms with Gasteiger partial charge in [0.25, 0.3) is 5.69 Å². The zero-order valence-corrected chi connectivity index (χ0v) is 15.4. The quantitative estimate of drug-likeness (QED) is 0.594. The van der Waals surface area contributed by atoms with Crippen LogP contribution in [0.15, 0.2) is 12.1 Å². The van der Waals surface area contributed by atoms with Crippen LogP contribution in [0.2, 0.25) is 5.02 Å². The molecule has 1 N–H and O–H groups in total. The lowest BCUT2D eigenvalue weighted by molar-refractivity contribution is -0.384. The van der Waals surface area contributed by atoms with Crippen molar-refractivity contribution in [2.75, 3.05) is 31.6 Å². The number of ether oxygens (including phenoxy) is 1. The number of nitrogens with zero attached hydrogens (tertiary/aromatic N) is 2. The van der Waals surface area contributed by atoms with Crippen molar-refractivity contribution in [2.24, 2.45) is 0 Å². The Labute approximate surface area is 159 Å². The zero-order valence-electron chi connectivity index (χ0n) is 14.6. The second-order valence-corrected chi connectivity index (χ2v) is 7.34. The normalized spacial score (nSPS) is 22.6. The van der Waals surface area contributed by atoms with Crippen molar-refractivity contribution in [3.63, 3.8) is 0 Å². The van der Waals surface area contributed by atoms with Gasteiger partial charge in [0.15, 0.2) is 0 Å². The summed E-state index contributed by atoms with van der Waals surface area (Å²) in [6, 6.07) is 1.84. The van der Waals surface area contributed by atoms with Gasteiger partial charge in [-0.2, -0.15) is 13.2 Å². The molecule has 0 aliphatic carbocycles. The van der Waals surface area contributed by atoms with Crippen molar-refractivity contribution in [3.05, 3.63) is 32.8 Å². The summed E-state index contributed by atoms with van der Waals surface area (Å²) in [4.78, 5) is 12.8. The van der Waals surface area contributed by atoms with E-state index in [1.54, 1.807) is 0 Å². The number of halogens is 4. The largest absolute Gasteiger partial charge is 0.418 e. The Morgan fingerprint density at radius 2 is 1.96 bits per heavy atom. The Balaban J connectivity index is 1.69. The fourth-order valence-corrected chi connectivity index (χ4v) is 3.96. The second-order valence-electron chi connectivity index (χ2n) is 6.93. The molecule has 2 heterocycles. The molecule has 0 radical (unpaired) electrons. The molecule has 0 bridgehead atoms. The van der Waals surface area contributed by atoms with E-state index in [0.717, 1.165) is 58.1 Å². The van der Waals surface area contributed by atoms with Gasteiger partial charge < -0.3 is 10.1 Å². The summed E-state index contributed by atoms with van der Waals surface area (Å²) < 4.78 is 44.4. The van der Waals surface area contributed by atoms with Crippen LogP contribution in [0.25, 0.3) is 0 Å². The minimum Gasteiger partial charge on any atom is -0.380 e. The van der Waals surface area contributed by atoms with Crippen LogP contribution in [0.5, 0.6) is 0 Å². The van der Waals surface area contributed by atoms with Gasteiger partial charge in [-0.1, -0.05) is 11.6 Å². The first-order valence-electron chi connectivity index (χ1n) is 8.89. The van der Waals surface area contributed by atoms with E-state index < -0.39 is 27.4 Å². The number of anilines is 1. The number of nitro benzene ring substituents is 1. The summed E-state index contributed by atoms with van der Waals surface area (Å²) >= 11 is 5.73. The molecule has 2 aliphatic heterocycles. The fourth-order valence-electron chi connectivity index (χ4n) is 3.69. The summed E-state index contributed by atoms with van der Waals surface area (Å²) in [6.07, 6.45) is -1.12. The molecule has 1 aromatic rings. The average Bonchev–Trinajstić information content (AvgIpc) is 2.62. The third-order valence-corrected chi connectivity index (χ3v) is 5.44. The molecule has 1 atom stereocenters. The Morgan fingerprint density at radius 1 is 1.26 bits per heavy atom. The van der Waals surface area contributed by atoms with E-state index in [-0.39, 0.29) is 11.7 Å². The van der Waals surface area contributed by atoms with E-state index in [9.17, 15) is 23.3 Å². The third-order valence-electron chi connectivity index (χ3n) is 5.13. The van der Waals surface area contributed by atoms with Gasteiger partial charge in [-0.15, -0.1) is 0 Å². The molecule has 0 amide bonds. The maximum Gasteiger partial charge on any atom is 0.418 e. The summed E-state index contributed by atoms with van der Waals surface area (Å²) in [5.41, 5.74) is -1.79. The maximum atomic E-state index is 13.0. The molecular formula is C17H21ClF3N3O3. The molecule has 3 rings (SSSR count). The van der Waals surface area contributed by atoms with Crippen LogP contribution in [-0.4, -0.2) is 48.2 Å². The fraction of sp³-hybridized carbons (Fsp3) is 0.647. The van der Waals surface area contributed by atoms with Crippen LogP contribution in [0.3, 0.4) is 0 Å². The van der Waals surface area contributed by atoms with E-state index in [1.807, 2.05) is 0 Å². The molecule has 2 fully saturated rings. The smallest absolute Gasteiger partial charge is 0.380 e. The standard InChI is InChI=1S/C17H21ClF3N3O3/c18-14-9-15(16(24(25)26)8-13(14)17(19,20)21)22-11-3-5-23(6-4-11)12-2-1-7-27-10-12/h8-9,11-12,22H,1-7,10H2. The van der Waals surface area contributed by atoms with Gasteiger partial charge in [0.2, 0.25) is 0 Å². The van der Waals surface area contributed by atoms with Gasteiger partial charge >= 0.3 is 6.18 Å². The predicted octanol–water partition coefficient (Wildman–Crippen LogP) is 4.32. The molecule has 0 saturated carbocycles. The van der Waals surface area contributed by atoms with E-state index in [2.05, 4.69) is 10.2 Å². The molecule has 1 aromatic carbocycles. The van der Waals surface area contributed by atoms with Crippen molar-refractivity contribution in [3.8, 4) is 0 Å². The molecule has 2 aliphatic rings. The van der Waals surface area contributed by atoms with Crippen LogP contribution < -0.4 is 5.32 Å². The molecule has 150 valence electrons. The van der Waals surface area contributed by atoms with Crippen molar-refractivity contribution < 1.29 is 22.8 Å². The monoisotopic (exact) mass is 407 g/mol. The highest BCUT2D eigenvalue weighted by Gasteiger charge is 2.36. The number of nitrogens with one attached hydrogen (secondary N) is 1. The van der Waals surface area contributed by atoms with E-state index in [4.69, 9.17) is 16.3 Å². The summed E-state index contributed by atoms with van der Waals surface area (Å²) in [6.45, 7) is 3.15. The highest BCUT2D eigenvalue weighted by molar-refractivity contribution is 6.31. The highest BCUT2D eigenvalue weighted by Crippen LogP contribution is 2.40. The van der Waals surface area contributed by atoms with Crippen LogP contribution in [0, 0.1) is 10.1 Å². The van der Waals surface area contributed by atoms with Gasteiger partial charge in [-0.05, 0) is 31.7 Å². The van der Waals surface area contributed by atoms with Crippen LogP contribution in [-0.2, 0) is 10.9 Å². The summed E-state index contributed by atoms with van der Waals surface area (Å²) in [5.74, 6) is 0. The predicted molar refractivity (Wildman–Crippen MR) is 95.2 cm³/mol. The zero-order chi connectivity index (χ0) is 19.6. The number of piperidine rings is 1. The van der Waals surface area contributed by atoms with Gasteiger partial charge in [-0.25, -0.2) is 0 Å². The Bertz CT molecular complexity index is 688. The third kappa shape index (κ3) is 4.83. The lowest BCUT2D eigenvalue weighted by Crippen LogP contribution is -2.47. The van der Waals surface area contributed by atoms with Crippen LogP contribution in [0.1, 0.15) is 31.2 Å². The van der Waals surface area contributed by atoms with E-state index >= 15 is 0 Å². The number of hydrogen-bond acceptors (Lipinski definition) is 5. The molecule has 0 aromatic heterocycles. The summed E-state index contributed by atoms with van der Waals surface area (Å²) in [5, 5.41) is 13.7. The molecule has 27 heavy (non-hydrogen) atoms. The molecule has 1 unspecified atom stereocenters. The first-order valence-corrected chi connectivity index (χ1v) is 9.27. The number of rotatable bonds is 4. The van der Waals surface area contributed by atoms with Crippen molar-refractivity contribution in [1.29, 1.82) is 0 Å². The minimum absolute atomic E-state index is 0.0254. The molecular weight excluding hydrogens is 387 g/mol. The van der Waals surface area contributed by atoms with E-state index in [1.165, 1.54) is 0 Å². The topological polar surface area (TPSA) is 67.6 Å². The van der Waals surface area contributed by atoms with Crippen molar-refractivity contribution >= 4 is 23.0 Å². The highest BCUT2D eigenvalue weighted by atomic mass is 35.5.